The smallest absolute Gasteiger partial charge is 0.239 e. The molecule has 94 valence electrons. The van der Waals surface area contributed by atoms with Crippen LogP contribution in [0, 0.1) is 5.92 Å². The molecule has 0 aromatic carbocycles. The molecule has 0 heterocycles. The molecule has 3 N–H and O–H groups in total. The maximum Gasteiger partial charge on any atom is 0.239 e. The van der Waals surface area contributed by atoms with Crippen molar-refractivity contribution >= 4 is 11.8 Å². The van der Waals surface area contributed by atoms with Gasteiger partial charge in [0.1, 0.15) is 0 Å². The predicted molar refractivity (Wildman–Crippen MR) is 63.8 cm³/mol. The summed E-state index contributed by atoms with van der Waals surface area (Å²) in [6.45, 7) is 4.17. The summed E-state index contributed by atoms with van der Waals surface area (Å²) >= 11 is 0. The van der Waals surface area contributed by atoms with Gasteiger partial charge in [-0.25, -0.2) is 0 Å². The van der Waals surface area contributed by atoms with E-state index in [4.69, 9.17) is 5.73 Å². The Labute approximate surface area is 97.4 Å². The van der Waals surface area contributed by atoms with E-state index in [1.165, 1.54) is 4.90 Å². The zero-order valence-electron chi connectivity index (χ0n) is 10.6. The van der Waals surface area contributed by atoms with Gasteiger partial charge in [0.2, 0.25) is 11.8 Å². The average Bonchev–Trinajstić information content (AvgIpc) is 2.26. The van der Waals surface area contributed by atoms with E-state index in [0.29, 0.717) is 13.0 Å². The van der Waals surface area contributed by atoms with Crippen LogP contribution >= 0.6 is 0 Å². The second kappa shape index (κ2) is 7.22. The molecule has 2 atom stereocenters. The van der Waals surface area contributed by atoms with E-state index in [0.717, 1.165) is 6.42 Å². The van der Waals surface area contributed by atoms with Crippen LogP contribution in [0.25, 0.3) is 0 Å². The SMILES string of the molecule is CCCC(N)C(=O)N(C)CC(C)C(=O)NC. The van der Waals surface area contributed by atoms with E-state index in [1.54, 1.807) is 21.0 Å². The van der Waals surface area contributed by atoms with E-state index in [-0.39, 0.29) is 17.7 Å². The van der Waals surface area contributed by atoms with Gasteiger partial charge < -0.3 is 16.0 Å². The van der Waals surface area contributed by atoms with E-state index in [9.17, 15) is 9.59 Å². The molecule has 0 radical (unpaired) electrons. The molecule has 16 heavy (non-hydrogen) atoms. The molecular formula is C11H23N3O2. The first-order valence-corrected chi connectivity index (χ1v) is 5.66. The summed E-state index contributed by atoms with van der Waals surface area (Å²) in [5.41, 5.74) is 5.72. The first-order valence-electron chi connectivity index (χ1n) is 5.66. The van der Waals surface area contributed by atoms with Crippen LogP contribution in [0.1, 0.15) is 26.7 Å². The Bertz CT molecular complexity index is 243. The molecule has 0 aliphatic heterocycles. The van der Waals surface area contributed by atoms with Gasteiger partial charge in [-0.1, -0.05) is 20.3 Å². The normalized spacial score (nSPS) is 14.1. The zero-order chi connectivity index (χ0) is 12.7. The molecule has 2 unspecified atom stereocenters. The number of nitrogens with one attached hydrogen (secondary N) is 1. The second-order valence-corrected chi connectivity index (χ2v) is 4.13. The van der Waals surface area contributed by atoms with Crippen molar-refractivity contribution in [3.05, 3.63) is 0 Å². The summed E-state index contributed by atoms with van der Waals surface area (Å²) in [7, 11) is 3.26. The van der Waals surface area contributed by atoms with Crippen molar-refractivity contribution in [2.45, 2.75) is 32.7 Å². The van der Waals surface area contributed by atoms with Crippen LogP contribution in [0.2, 0.25) is 0 Å². The van der Waals surface area contributed by atoms with Crippen molar-refractivity contribution in [1.82, 2.24) is 10.2 Å². The molecule has 2 amide bonds. The minimum absolute atomic E-state index is 0.0660. The van der Waals surface area contributed by atoms with Gasteiger partial charge in [0.25, 0.3) is 0 Å². The molecule has 0 fully saturated rings. The van der Waals surface area contributed by atoms with Crippen molar-refractivity contribution < 1.29 is 9.59 Å². The third-order valence-corrected chi connectivity index (χ3v) is 2.53. The average molecular weight is 229 g/mol. The lowest BCUT2D eigenvalue weighted by Gasteiger charge is -2.23. The van der Waals surface area contributed by atoms with Crippen LogP contribution in [-0.4, -0.2) is 43.4 Å². The molecule has 0 rings (SSSR count). The number of nitrogens with zero attached hydrogens (tertiary/aromatic N) is 1. The molecular weight excluding hydrogens is 206 g/mol. The van der Waals surface area contributed by atoms with Crippen molar-refractivity contribution in [1.29, 1.82) is 0 Å². The Morgan fingerprint density at radius 3 is 2.44 bits per heavy atom. The summed E-state index contributed by atoms with van der Waals surface area (Å²) in [5.74, 6) is -0.380. The van der Waals surface area contributed by atoms with E-state index < -0.39 is 6.04 Å². The number of likely N-dealkylation sites (N-methyl/N-ethyl adjacent to an activating group) is 1. The molecule has 0 spiro atoms. The van der Waals surface area contributed by atoms with Crippen molar-refractivity contribution in [3.8, 4) is 0 Å². The molecule has 0 bridgehead atoms. The van der Waals surface area contributed by atoms with Crippen LogP contribution in [0.5, 0.6) is 0 Å². The summed E-state index contributed by atoms with van der Waals surface area (Å²) in [4.78, 5) is 24.6. The summed E-state index contributed by atoms with van der Waals surface area (Å²) in [6.07, 6.45) is 1.56. The Hall–Kier alpha value is -1.10. The maximum atomic E-state index is 11.7. The van der Waals surface area contributed by atoms with Crippen molar-refractivity contribution in [3.63, 3.8) is 0 Å². The number of carbonyl (C=O) groups is 2. The minimum Gasteiger partial charge on any atom is -0.359 e. The molecule has 0 saturated carbocycles. The molecule has 0 aromatic heterocycles. The lowest BCUT2D eigenvalue weighted by molar-refractivity contribution is -0.133. The number of nitrogens with two attached hydrogens (primary N) is 1. The van der Waals surface area contributed by atoms with Gasteiger partial charge >= 0.3 is 0 Å². The zero-order valence-corrected chi connectivity index (χ0v) is 10.6. The first-order chi connectivity index (χ1) is 7.43. The van der Waals surface area contributed by atoms with Crippen LogP contribution in [-0.2, 0) is 9.59 Å². The molecule has 0 aliphatic rings. The first kappa shape index (κ1) is 14.9. The highest BCUT2D eigenvalue weighted by Gasteiger charge is 2.21. The number of hydrogen-bond acceptors (Lipinski definition) is 3. The fourth-order valence-corrected chi connectivity index (χ4v) is 1.55. The van der Waals surface area contributed by atoms with E-state index in [1.807, 2.05) is 6.92 Å². The highest BCUT2D eigenvalue weighted by atomic mass is 16.2. The van der Waals surface area contributed by atoms with Crippen LogP contribution < -0.4 is 11.1 Å². The van der Waals surface area contributed by atoms with E-state index in [2.05, 4.69) is 5.32 Å². The monoisotopic (exact) mass is 229 g/mol. The topological polar surface area (TPSA) is 75.4 Å². The summed E-state index contributed by atoms with van der Waals surface area (Å²) in [5, 5.41) is 2.56. The maximum absolute atomic E-state index is 11.7. The summed E-state index contributed by atoms with van der Waals surface area (Å²) < 4.78 is 0. The second-order valence-electron chi connectivity index (χ2n) is 4.13. The Kier molecular flexibility index (Phi) is 6.72. The molecule has 5 heteroatoms. The summed E-state index contributed by atoms with van der Waals surface area (Å²) in [6, 6.07) is -0.452. The van der Waals surface area contributed by atoms with Gasteiger partial charge in [-0.05, 0) is 6.42 Å². The number of hydrogen-bond donors (Lipinski definition) is 2. The molecule has 0 aromatic rings. The van der Waals surface area contributed by atoms with Gasteiger partial charge in [0.15, 0.2) is 0 Å². The Balaban J connectivity index is 4.19. The number of rotatable bonds is 6. The fraction of sp³-hybridized carbons (Fsp3) is 0.818. The van der Waals surface area contributed by atoms with E-state index >= 15 is 0 Å². The van der Waals surface area contributed by atoms with Crippen LogP contribution in [0.15, 0.2) is 0 Å². The lowest BCUT2D eigenvalue weighted by atomic mass is 10.1. The predicted octanol–water partition coefficient (Wildman–Crippen LogP) is -0.0457. The quantitative estimate of drug-likeness (QED) is 0.671. The Morgan fingerprint density at radius 2 is 2.00 bits per heavy atom. The lowest BCUT2D eigenvalue weighted by Crippen LogP contribution is -2.45. The third kappa shape index (κ3) is 4.61. The van der Waals surface area contributed by atoms with Crippen LogP contribution in [0.3, 0.4) is 0 Å². The van der Waals surface area contributed by atoms with Gasteiger partial charge in [-0.2, -0.15) is 0 Å². The van der Waals surface area contributed by atoms with Gasteiger partial charge in [0, 0.05) is 20.6 Å². The van der Waals surface area contributed by atoms with Crippen molar-refractivity contribution in [2.24, 2.45) is 11.7 Å². The molecule has 5 nitrogen and oxygen atoms in total. The minimum atomic E-state index is -0.452. The number of carbonyl (C=O) groups excluding carboxylic acids is 2. The Morgan fingerprint density at radius 1 is 1.44 bits per heavy atom. The standard InChI is InChI=1S/C11H23N3O2/c1-5-6-9(12)11(16)14(4)7-8(2)10(15)13-3/h8-9H,5-7,12H2,1-4H3,(H,13,15). The fourth-order valence-electron chi connectivity index (χ4n) is 1.55. The van der Waals surface area contributed by atoms with Gasteiger partial charge in [-0.3, -0.25) is 9.59 Å². The van der Waals surface area contributed by atoms with Gasteiger partial charge in [0.05, 0.1) is 12.0 Å². The molecule has 0 aliphatic carbocycles. The number of amides is 2. The van der Waals surface area contributed by atoms with Crippen molar-refractivity contribution in [2.75, 3.05) is 20.6 Å². The molecule has 0 saturated heterocycles. The highest BCUT2D eigenvalue weighted by molar-refractivity contribution is 5.83. The van der Waals surface area contributed by atoms with Gasteiger partial charge in [-0.15, -0.1) is 0 Å². The largest absolute Gasteiger partial charge is 0.359 e. The third-order valence-electron chi connectivity index (χ3n) is 2.53. The highest BCUT2D eigenvalue weighted by Crippen LogP contribution is 2.02. The van der Waals surface area contributed by atoms with Crippen LogP contribution in [0.4, 0.5) is 0 Å².